The number of aromatic nitrogens is 1. The highest BCUT2D eigenvalue weighted by molar-refractivity contribution is 6.07. The maximum Gasteiger partial charge on any atom is 0.259 e. The Balaban J connectivity index is 2.05. The van der Waals surface area contributed by atoms with Crippen LogP contribution in [0.2, 0.25) is 0 Å². The van der Waals surface area contributed by atoms with Gasteiger partial charge in [-0.15, -0.1) is 0 Å². The topological polar surface area (TPSA) is 87.5 Å². The molecule has 0 atom stereocenters. The first-order valence-corrected chi connectivity index (χ1v) is 9.77. The maximum absolute atomic E-state index is 11.9. The monoisotopic (exact) mass is 422 g/mol. The minimum atomic E-state index is -0.171. The number of methoxy groups -OCH3 is 1. The van der Waals surface area contributed by atoms with Gasteiger partial charge in [-0.1, -0.05) is 6.58 Å². The van der Waals surface area contributed by atoms with E-state index < -0.39 is 0 Å². The van der Waals surface area contributed by atoms with Crippen LogP contribution in [0.5, 0.6) is 11.5 Å². The zero-order chi connectivity index (χ0) is 22.5. The normalized spacial score (nSPS) is 13.4. The molecule has 3 rings (SSSR count). The van der Waals surface area contributed by atoms with Gasteiger partial charge >= 0.3 is 0 Å². The Kier molecular flexibility index (Phi) is 6.59. The largest absolute Gasteiger partial charge is 0.507 e. The van der Waals surface area contributed by atoms with Crippen LogP contribution < -0.4 is 9.47 Å². The molecule has 1 aromatic heterocycles. The molecule has 1 aromatic carbocycles. The van der Waals surface area contributed by atoms with Gasteiger partial charge in [0.25, 0.3) is 5.91 Å². The highest BCUT2D eigenvalue weighted by Crippen LogP contribution is 2.45. The van der Waals surface area contributed by atoms with Crippen molar-refractivity contribution in [3.05, 3.63) is 60.4 Å². The van der Waals surface area contributed by atoms with Gasteiger partial charge in [0.05, 0.1) is 7.11 Å². The SMILES string of the molecule is C=C1c2ccc(OCC(=O)N(C)C)c(OC)c2N=C(/C=C(\O)c2cccnc2)N1CC. The predicted molar refractivity (Wildman–Crippen MR) is 121 cm³/mol. The number of aliphatic imine (C=N–C) groups is 1. The summed E-state index contributed by atoms with van der Waals surface area (Å²) in [7, 11) is 4.84. The minimum absolute atomic E-state index is 0.0319. The van der Waals surface area contributed by atoms with Gasteiger partial charge in [-0.25, -0.2) is 4.99 Å². The molecule has 8 nitrogen and oxygen atoms in total. The van der Waals surface area contributed by atoms with Crippen molar-refractivity contribution in [2.45, 2.75) is 6.92 Å². The second-order valence-corrected chi connectivity index (χ2v) is 7.00. The number of aliphatic hydroxyl groups is 1. The Morgan fingerprint density at radius 2 is 2.10 bits per heavy atom. The number of ether oxygens (including phenoxy) is 2. The van der Waals surface area contributed by atoms with Crippen molar-refractivity contribution < 1.29 is 19.4 Å². The van der Waals surface area contributed by atoms with E-state index >= 15 is 0 Å². The van der Waals surface area contributed by atoms with E-state index in [2.05, 4.69) is 11.6 Å². The van der Waals surface area contributed by atoms with Crippen molar-refractivity contribution >= 4 is 28.9 Å². The summed E-state index contributed by atoms with van der Waals surface area (Å²) in [5, 5.41) is 10.6. The molecule has 1 N–H and O–H groups in total. The van der Waals surface area contributed by atoms with Crippen molar-refractivity contribution in [1.29, 1.82) is 0 Å². The summed E-state index contributed by atoms with van der Waals surface area (Å²) in [5.74, 6) is 1.16. The fourth-order valence-corrected chi connectivity index (χ4v) is 3.12. The Bertz CT molecular complexity index is 1050. The van der Waals surface area contributed by atoms with Crippen molar-refractivity contribution in [3.8, 4) is 11.5 Å². The summed E-state index contributed by atoms with van der Waals surface area (Å²) in [6.07, 6.45) is 4.78. The summed E-state index contributed by atoms with van der Waals surface area (Å²) in [6, 6.07) is 7.08. The molecule has 162 valence electrons. The van der Waals surface area contributed by atoms with Crippen LogP contribution in [0.3, 0.4) is 0 Å². The molecule has 0 spiro atoms. The maximum atomic E-state index is 11.9. The number of carbonyl (C=O) groups is 1. The summed E-state index contributed by atoms with van der Waals surface area (Å²) >= 11 is 0. The highest BCUT2D eigenvalue weighted by atomic mass is 16.5. The lowest BCUT2D eigenvalue weighted by Gasteiger charge is -2.31. The highest BCUT2D eigenvalue weighted by Gasteiger charge is 2.26. The Labute approximate surface area is 181 Å². The lowest BCUT2D eigenvalue weighted by molar-refractivity contribution is -0.130. The van der Waals surface area contributed by atoms with Crippen LogP contribution in [0.15, 0.2) is 54.3 Å². The van der Waals surface area contributed by atoms with Crippen LogP contribution in [0, 0.1) is 0 Å². The van der Waals surface area contributed by atoms with E-state index in [-0.39, 0.29) is 18.3 Å². The molecular formula is C23H26N4O4. The average Bonchev–Trinajstić information content (AvgIpc) is 2.77. The molecule has 0 fully saturated rings. The lowest BCUT2D eigenvalue weighted by atomic mass is 10.0. The van der Waals surface area contributed by atoms with E-state index in [1.165, 1.54) is 12.0 Å². The molecule has 0 unspecified atom stereocenters. The van der Waals surface area contributed by atoms with Gasteiger partial charge in [-0.3, -0.25) is 9.78 Å². The Morgan fingerprint density at radius 1 is 1.32 bits per heavy atom. The summed E-state index contributed by atoms with van der Waals surface area (Å²) in [5.41, 5.74) is 2.59. The minimum Gasteiger partial charge on any atom is -0.507 e. The van der Waals surface area contributed by atoms with E-state index in [1.54, 1.807) is 50.8 Å². The molecule has 0 bridgehead atoms. The second kappa shape index (κ2) is 9.34. The van der Waals surface area contributed by atoms with Crippen LogP contribution in [0.4, 0.5) is 5.69 Å². The van der Waals surface area contributed by atoms with Gasteiger partial charge in [-0.2, -0.15) is 0 Å². The number of rotatable bonds is 7. The standard InChI is InChI=1S/C23H26N4O4/c1-6-27-15(2)17-9-10-19(31-14-21(29)26(3)4)23(30-5)22(17)25-20(27)12-18(28)16-8-7-11-24-13-16/h7-13,28H,2,6,14H2,1,3-5H3/b18-12-. The fraction of sp³-hybridized carbons (Fsp3) is 0.261. The molecule has 2 heterocycles. The fourth-order valence-electron chi connectivity index (χ4n) is 3.12. The van der Waals surface area contributed by atoms with Crippen molar-refractivity contribution in [2.75, 3.05) is 34.4 Å². The number of fused-ring (bicyclic) bond motifs is 1. The lowest BCUT2D eigenvalue weighted by Crippen LogP contribution is -2.30. The van der Waals surface area contributed by atoms with Gasteiger partial charge in [0, 0.05) is 55.9 Å². The molecule has 2 aromatic rings. The van der Waals surface area contributed by atoms with Gasteiger partial charge in [-0.05, 0) is 31.2 Å². The molecule has 0 saturated carbocycles. The number of amidine groups is 1. The smallest absolute Gasteiger partial charge is 0.259 e. The zero-order valence-corrected chi connectivity index (χ0v) is 18.1. The van der Waals surface area contributed by atoms with Gasteiger partial charge in [0.1, 0.15) is 17.3 Å². The van der Waals surface area contributed by atoms with Crippen LogP contribution >= 0.6 is 0 Å². The third kappa shape index (κ3) is 4.53. The van der Waals surface area contributed by atoms with Crippen molar-refractivity contribution in [2.24, 2.45) is 4.99 Å². The van der Waals surface area contributed by atoms with Crippen molar-refractivity contribution in [1.82, 2.24) is 14.8 Å². The van der Waals surface area contributed by atoms with E-state index in [4.69, 9.17) is 14.5 Å². The number of amides is 1. The summed E-state index contributed by atoms with van der Waals surface area (Å²) in [4.78, 5) is 24.0. The number of likely N-dealkylation sites (N-methyl/N-ethyl adjacent to an activating group) is 2. The quantitative estimate of drug-likeness (QED) is 0.688. The number of nitrogens with zero attached hydrogens (tertiary/aromatic N) is 4. The molecule has 8 heteroatoms. The molecule has 1 amide bonds. The number of carbonyl (C=O) groups excluding carboxylic acids is 1. The number of hydrogen-bond acceptors (Lipinski definition) is 7. The molecule has 31 heavy (non-hydrogen) atoms. The third-order valence-electron chi connectivity index (χ3n) is 4.83. The van der Waals surface area contributed by atoms with Gasteiger partial charge < -0.3 is 24.4 Å². The van der Waals surface area contributed by atoms with E-state index in [0.717, 1.165) is 5.56 Å². The number of benzene rings is 1. The number of hydrogen-bond donors (Lipinski definition) is 1. The van der Waals surface area contributed by atoms with Crippen LogP contribution in [-0.2, 0) is 4.79 Å². The molecular weight excluding hydrogens is 396 g/mol. The molecule has 1 aliphatic heterocycles. The number of pyridine rings is 1. The summed E-state index contributed by atoms with van der Waals surface area (Å²) < 4.78 is 11.3. The first-order valence-electron chi connectivity index (χ1n) is 9.77. The molecule has 0 aliphatic carbocycles. The second-order valence-electron chi connectivity index (χ2n) is 7.00. The third-order valence-corrected chi connectivity index (χ3v) is 4.83. The zero-order valence-electron chi connectivity index (χ0n) is 18.1. The predicted octanol–water partition coefficient (Wildman–Crippen LogP) is 3.49. The van der Waals surface area contributed by atoms with Crippen LogP contribution in [-0.4, -0.2) is 66.0 Å². The summed E-state index contributed by atoms with van der Waals surface area (Å²) in [6.45, 7) is 6.66. The van der Waals surface area contributed by atoms with Crippen molar-refractivity contribution in [3.63, 3.8) is 0 Å². The number of aliphatic hydroxyl groups excluding tert-OH is 1. The van der Waals surface area contributed by atoms with E-state index in [0.29, 0.717) is 40.8 Å². The first kappa shape index (κ1) is 21.9. The van der Waals surface area contributed by atoms with Crippen LogP contribution in [0.1, 0.15) is 18.1 Å². The molecule has 0 radical (unpaired) electrons. The van der Waals surface area contributed by atoms with E-state index in [9.17, 15) is 9.90 Å². The first-order chi connectivity index (χ1) is 14.9. The van der Waals surface area contributed by atoms with Gasteiger partial charge in [0.2, 0.25) is 0 Å². The Morgan fingerprint density at radius 3 is 2.71 bits per heavy atom. The average molecular weight is 422 g/mol. The van der Waals surface area contributed by atoms with Gasteiger partial charge in [0.15, 0.2) is 18.1 Å². The van der Waals surface area contributed by atoms with E-state index in [1.807, 2.05) is 17.9 Å². The molecule has 1 aliphatic rings. The Hall–Kier alpha value is -3.81. The molecule has 0 saturated heterocycles. The van der Waals surface area contributed by atoms with Crippen LogP contribution in [0.25, 0.3) is 11.5 Å².